The van der Waals surface area contributed by atoms with Gasteiger partial charge >= 0.3 is 0 Å². The second-order valence-corrected chi connectivity index (χ2v) is 8.23. The van der Waals surface area contributed by atoms with Crippen LogP contribution in [0.1, 0.15) is 10.4 Å². The van der Waals surface area contributed by atoms with E-state index in [4.69, 9.17) is 15.2 Å². The number of ether oxygens (including phenoxy) is 2. The van der Waals surface area contributed by atoms with Crippen molar-refractivity contribution in [2.24, 2.45) is 5.73 Å². The predicted molar refractivity (Wildman–Crippen MR) is 119 cm³/mol. The third kappa shape index (κ3) is 5.04. The van der Waals surface area contributed by atoms with Gasteiger partial charge in [0, 0.05) is 30.1 Å². The van der Waals surface area contributed by atoms with Crippen LogP contribution in [0.3, 0.4) is 0 Å². The molecule has 12 heteroatoms. The first-order valence-electron chi connectivity index (χ1n) is 9.24. The van der Waals surface area contributed by atoms with Gasteiger partial charge in [0.15, 0.2) is 0 Å². The summed E-state index contributed by atoms with van der Waals surface area (Å²) in [6.45, 7) is 0. The van der Waals surface area contributed by atoms with Crippen molar-refractivity contribution >= 4 is 39.1 Å². The molecule has 1 heterocycles. The number of amides is 1. The maximum atomic E-state index is 12.3. The molecule has 0 atom stereocenters. The molecule has 0 bridgehead atoms. The number of sulfonamides is 1. The van der Waals surface area contributed by atoms with Gasteiger partial charge < -0.3 is 25.8 Å². The minimum atomic E-state index is -3.77. The molecule has 32 heavy (non-hydrogen) atoms. The van der Waals surface area contributed by atoms with Crippen molar-refractivity contribution in [3.8, 4) is 11.5 Å². The van der Waals surface area contributed by atoms with Crippen molar-refractivity contribution in [2.75, 3.05) is 31.9 Å². The van der Waals surface area contributed by atoms with Crippen molar-refractivity contribution in [2.45, 2.75) is 4.90 Å². The topological polar surface area (TPSA) is 158 Å². The molecule has 0 saturated heterocycles. The highest BCUT2D eigenvalue weighted by Gasteiger charge is 2.19. The first-order valence-corrected chi connectivity index (χ1v) is 10.7. The van der Waals surface area contributed by atoms with Crippen molar-refractivity contribution in [1.29, 1.82) is 0 Å². The molecule has 0 aliphatic carbocycles. The third-order valence-corrected chi connectivity index (χ3v) is 5.83. The number of hydrogen-bond acceptors (Lipinski definition) is 9. The highest BCUT2D eigenvalue weighted by molar-refractivity contribution is 7.89. The second-order valence-electron chi connectivity index (χ2n) is 6.38. The molecular formula is C20H22N6O5S. The van der Waals surface area contributed by atoms with Crippen LogP contribution in [0.4, 0.5) is 23.1 Å². The Balaban J connectivity index is 2.01. The lowest BCUT2D eigenvalue weighted by Gasteiger charge is -2.15. The summed E-state index contributed by atoms with van der Waals surface area (Å²) in [6.07, 6.45) is 1.24. The van der Waals surface area contributed by atoms with Crippen LogP contribution in [0.2, 0.25) is 0 Å². The normalized spacial score (nSPS) is 11.0. The summed E-state index contributed by atoms with van der Waals surface area (Å²) in [5, 5.41) is 5.87. The number of anilines is 4. The molecular weight excluding hydrogens is 436 g/mol. The monoisotopic (exact) mass is 458 g/mol. The lowest BCUT2D eigenvalue weighted by Crippen LogP contribution is -2.20. The number of nitrogens with two attached hydrogens (primary N) is 1. The zero-order valence-corrected chi connectivity index (χ0v) is 18.4. The molecule has 5 N–H and O–H groups in total. The standard InChI is InChI=1S/C20H22N6O5S/c1-22-32(28,29)17-7-5-4-6-16(17)25-19-15(18(21)27)11-23-20(26-19)24-12-8-13(30-2)10-14(9-12)31-3/h4-11,22H,1-3H3,(H2,21,27)(H2,23,24,25,26). The lowest BCUT2D eigenvalue weighted by molar-refractivity contribution is 0.100. The van der Waals surface area contributed by atoms with Gasteiger partial charge in [-0.2, -0.15) is 4.98 Å². The van der Waals surface area contributed by atoms with E-state index in [0.717, 1.165) is 0 Å². The Bertz CT molecular complexity index is 1230. The molecule has 0 fully saturated rings. The average molecular weight is 459 g/mol. The van der Waals surface area contributed by atoms with E-state index in [-0.39, 0.29) is 27.9 Å². The van der Waals surface area contributed by atoms with Crippen LogP contribution < -0.4 is 30.6 Å². The van der Waals surface area contributed by atoms with Gasteiger partial charge in [0.05, 0.1) is 19.9 Å². The first kappa shape index (κ1) is 22.8. The van der Waals surface area contributed by atoms with E-state index in [1.807, 2.05) is 0 Å². The van der Waals surface area contributed by atoms with E-state index in [0.29, 0.717) is 17.2 Å². The molecule has 0 saturated carbocycles. The molecule has 0 spiro atoms. The SMILES string of the molecule is CNS(=O)(=O)c1ccccc1Nc1nc(Nc2cc(OC)cc(OC)c2)ncc1C(N)=O. The van der Waals surface area contributed by atoms with Gasteiger partial charge in [-0.1, -0.05) is 12.1 Å². The van der Waals surface area contributed by atoms with Gasteiger partial charge in [-0.15, -0.1) is 0 Å². The van der Waals surface area contributed by atoms with Crippen molar-refractivity contribution in [1.82, 2.24) is 14.7 Å². The van der Waals surface area contributed by atoms with Gasteiger partial charge in [-0.3, -0.25) is 4.79 Å². The fraction of sp³-hybridized carbons (Fsp3) is 0.150. The van der Waals surface area contributed by atoms with Crippen LogP contribution in [-0.4, -0.2) is 45.6 Å². The smallest absolute Gasteiger partial charge is 0.254 e. The summed E-state index contributed by atoms with van der Waals surface area (Å²) in [5.74, 6) is 0.469. The maximum Gasteiger partial charge on any atom is 0.254 e. The number of rotatable bonds is 9. The Morgan fingerprint density at radius 3 is 2.28 bits per heavy atom. The number of primary amides is 1. The summed E-state index contributed by atoms with van der Waals surface area (Å²) in [6, 6.07) is 11.3. The summed E-state index contributed by atoms with van der Waals surface area (Å²) in [4.78, 5) is 20.3. The first-order chi connectivity index (χ1) is 15.3. The number of nitrogens with one attached hydrogen (secondary N) is 3. The van der Waals surface area contributed by atoms with E-state index in [1.54, 1.807) is 30.3 Å². The molecule has 0 unspecified atom stereocenters. The van der Waals surface area contributed by atoms with Crippen LogP contribution >= 0.6 is 0 Å². The molecule has 0 aliphatic heterocycles. The fourth-order valence-electron chi connectivity index (χ4n) is 2.77. The summed E-state index contributed by atoms with van der Waals surface area (Å²) < 4.78 is 37.4. The Morgan fingerprint density at radius 1 is 1.03 bits per heavy atom. The number of methoxy groups -OCH3 is 2. The van der Waals surface area contributed by atoms with Gasteiger partial charge in [0.25, 0.3) is 5.91 Å². The van der Waals surface area contributed by atoms with E-state index >= 15 is 0 Å². The number of benzene rings is 2. The summed E-state index contributed by atoms with van der Waals surface area (Å²) in [5.41, 5.74) is 6.21. The van der Waals surface area contributed by atoms with E-state index in [2.05, 4.69) is 25.3 Å². The Morgan fingerprint density at radius 2 is 1.69 bits per heavy atom. The summed E-state index contributed by atoms with van der Waals surface area (Å²) >= 11 is 0. The Hall–Kier alpha value is -3.90. The van der Waals surface area contributed by atoms with Crippen molar-refractivity contribution in [3.63, 3.8) is 0 Å². The maximum absolute atomic E-state index is 12.3. The second kappa shape index (κ2) is 9.49. The lowest BCUT2D eigenvalue weighted by atomic mass is 10.2. The number of aromatic nitrogens is 2. The van der Waals surface area contributed by atoms with E-state index in [1.165, 1.54) is 39.6 Å². The highest BCUT2D eigenvalue weighted by Crippen LogP contribution is 2.29. The van der Waals surface area contributed by atoms with Crippen LogP contribution in [-0.2, 0) is 10.0 Å². The van der Waals surface area contributed by atoms with Gasteiger partial charge in [0.1, 0.15) is 27.8 Å². The summed E-state index contributed by atoms with van der Waals surface area (Å²) in [7, 11) is 0.576. The third-order valence-electron chi connectivity index (χ3n) is 4.36. The predicted octanol–water partition coefficient (Wildman–Crippen LogP) is 1.99. The molecule has 0 radical (unpaired) electrons. The minimum absolute atomic E-state index is 0.0181. The van der Waals surface area contributed by atoms with E-state index < -0.39 is 15.9 Å². The van der Waals surface area contributed by atoms with Gasteiger partial charge in [-0.25, -0.2) is 18.1 Å². The molecule has 1 amide bonds. The van der Waals surface area contributed by atoms with Crippen LogP contribution in [0, 0.1) is 0 Å². The number of hydrogen-bond donors (Lipinski definition) is 4. The molecule has 2 aromatic carbocycles. The Kier molecular flexibility index (Phi) is 6.76. The zero-order valence-electron chi connectivity index (χ0n) is 17.5. The molecule has 0 aliphatic rings. The number of carbonyl (C=O) groups excluding carboxylic acids is 1. The van der Waals surface area contributed by atoms with Crippen LogP contribution in [0.5, 0.6) is 11.5 Å². The number of para-hydroxylation sites is 1. The largest absolute Gasteiger partial charge is 0.497 e. The fourth-order valence-corrected chi connectivity index (χ4v) is 3.65. The zero-order chi connectivity index (χ0) is 23.3. The van der Waals surface area contributed by atoms with Crippen molar-refractivity contribution < 1.29 is 22.7 Å². The van der Waals surface area contributed by atoms with E-state index in [9.17, 15) is 13.2 Å². The van der Waals surface area contributed by atoms with Crippen LogP contribution in [0.15, 0.2) is 53.6 Å². The Labute approximate surface area is 185 Å². The molecule has 1 aromatic heterocycles. The van der Waals surface area contributed by atoms with Crippen LogP contribution in [0.25, 0.3) is 0 Å². The quantitative estimate of drug-likeness (QED) is 0.376. The molecule has 11 nitrogen and oxygen atoms in total. The molecule has 168 valence electrons. The minimum Gasteiger partial charge on any atom is -0.497 e. The van der Waals surface area contributed by atoms with Crippen molar-refractivity contribution in [3.05, 3.63) is 54.2 Å². The molecule has 3 aromatic rings. The van der Waals surface area contributed by atoms with Gasteiger partial charge in [0.2, 0.25) is 16.0 Å². The average Bonchev–Trinajstić information content (AvgIpc) is 2.79. The highest BCUT2D eigenvalue weighted by atomic mass is 32.2. The molecule has 3 rings (SSSR count). The number of carbonyl (C=O) groups is 1. The van der Waals surface area contributed by atoms with Gasteiger partial charge in [-0.05, 0) is 19.2 Å². The number of nitrogens with zero attached hydrogens (tertiary/aromatic N) is 2.